The number of hydrogen-bond donors (Lipinski definition) is 2. The highest BCUT2D eigenvalue weighted by atomic mass is 19.1. The summed E-state index contributed by atoms with van der Waals surface area (Å²) in [5.74, 6) is -1.43. The van der Waals surface area contributed by atoms with E-state index in [1.54, 1.807) is 0 Å². The third kappa shape index (κ3) is 2.43. The van der Waals surface area contributed by atoms with Crippen LogP contribution in [-0.2, 0) is 11.3 Å². The molecule has 1 aromatic carbocycles. The molecule has 5 heteroatoms. The Hall–Kier alpha value is -1.62. The van der Waals surface area contributed by atoms with Crippen LogP contribution in [0.3, 0.4) is 0 Å². The predicted octanol–water partition coefficient (Wildman–Crippen LogP) is 0.748. The van der Waals surface area contributed by atoms with Crippen LogP contribution >= 0.6 is 0 Å². The molecule has 1 rings (SSSR count). The molecule has 0 aromatic heterocycles. The highest BCUT2D eigenvalue weighted by Gasteiger charge is 2.08. The molecule has 3 N–H and O–H groups in total. The van der Waals surface area contributed by atoms with Crippen molar-refractivity contribution in [2.45, 2.75) is 6.54 Å². The van der Waals surface area contributed by atoms with Gasteiger partial charge < -0.3 is 15.6 Å². The summed E-state index contributed by atoms with van der Waals surface area (Å²) in [7, 11) is 0. The molecule has 0 bridgehead atoms. The van der Waals surface area contributed by atoms with Gasteiger partial charge in [-0.05, 0) is 12.1 Å². The Kier molecular flexibility index (Phi) is 3.41. The van der Waals surface area contributed by atoms with Crippen molar-refractivity contribution in [2.75, 3.05) is 6.61 Å². The zero-order valence-electron chi connectivity index (χ0n) is 7.37. The average Bonchev–Trinajstić information content (AvgIpc) is 2.14. The first-order valence-corrected chi connectivity index (χ1v) is 3.97. The van der Waals surface area contributed by atoms with Gasteiger partial charge in [0, 0.05) is 12.1 Å². The van der Waals surface area contributed by atoms with Gasteiger partial charge in [-0.25, -0.2) is 9.18 Å². The van der Waals surface area contributed by atoms with Gasteiger partial charge in [-0.2, -0.15) is 0 Å². The van der Waals surface area contributed by atoms with E-state index in [0.29, 0.717) is 0 Å². The molecule has 4 nitrogen and oxygen atoms in total. The number of benzene rings is 1. The van der Waals surface area contributed by atoms with E-state index in [-0.39, 0.29) is 17.9 Å². The molecule has 1 aromatic rings. The minimum atomic E-state index is -1.11. The Morgan fingerprint density at radius 2 is 2.29 bits per heavy atom. The molecule has 0 aliphatic rings. The number of rotatable bonds is 4. The SMILES string of the molecule is NCc1c(F)cccc1OCC(=O)O. The van der Waals surface area contributed by atoms with E-state index >= 15 is 0 Å². The molecule has 0 heterocycles. The monoisotopic (exact) mass is 199 g/mol. The van der Waals surface area contributed by atoms with Crippen LogP contribution in [0.1, 0.15) is 5.56 Å². The maximum absolute atomic E-state index is 13.1. The zero-order chi connectivity index (χ0) is 10.6. The predicted molar refractivity (Wildman–Crippen MR) is 47.4 cm³/mol. The number of aliphatic carboxylic acids is 1. The summed E-state index contributed by atoms with van der Waals surface area (Å²) < 4.78 is 17.9. The summed E-state index contributed by atoms with van der Waals surface area (Å²) >= 11 is 0. The van der Waals surface area contributed by atoms with E-state index in [4.69, 9.17) is 15.6 Å². The van der Waals surface area contributed by atoms with Gasteiger partial charge in [0.2, 0.25) is 0 Å². The minimum Gasteiger partial charge on any atom is -0.481 e. The van der Waals surface area contributed by atoms with E-state index in [1.807, 2.05) is 0 Å². The Morgan fingerprint density at radius 3 is 2.86 bits per heavy atom. The molecule has 76 valence electrons. The molecule has 0 amide bonds. The highest BCUT2D eigenvalue weighted by Crippen LogP contribution is 2.20. The summed E-state index contributed by atoms with van der Waals surface area (Å²) in [4.78, 5) is 10.2. The molecular weight excluding hydrogens is 189 g/mol. The van der Waals surface area contributed by atoms with Crippen LogP contribution < -0.4 is 10.5 Å². The first kappa shape index (κ1) is 10.5. The second-order valence-corrected chi connectivity index (χ2v) is 2.60. The quantitative estimate of drug-likeness (QED) is 0.750. The van der Waals surface area contributed by atoms with Gasteiger partial charge in [0.1, 0.15) is 11.6 Å². The van der Waals surface area contributed by atoms with Gasteiger partial charge in [0.05, 0.1) is 0 Å². The van der Waals surface area contributed by atoms with Crippen LogP contribution in [-0.4, -0.2) is 17.7 Å². The van der Waals surface area contributed by atoms with Crippen molar-refractivity contribution in [3.63, 3.8) is 0 Å². The summed E-state index contributed by atoms with van der Waals surface area (Å²) in [5, 5.41) is 8.36. The molecular formula is C9H10FNO3. The minimum absolute atomic E-state index is 0.0262. The second kappa shape index (κ2) is 4.57. The summed E-state index contributed by atoms with van der Waals surface area (Å²) in [6.45, 7) is -0.530. The van der Waals surface area contributed by atoms with E-state index in [1.165, 1.54) is 18.2 Å². The van der Waals surface area contributed by atoms with Crippen molar-refractivity contribution >= 4 is 5.97 Å². The number of halogens is 1. The van der Waals surface area contributed by atoms with E-state index in [0.717, 1.165) is 0 Å². The van der Waals surface area contributed by atoms with E-state index < -0.39 is 18.4 Å². The third-order valence-corrected chi connectivity index (χ3v) is 1.63. The van der Waals surface area contributed by atoms with E-state index in [2.05, 4.69) is 0 Å². The van der Waals surface area contributed by atoms with Gasteiger partial charge in [-0.15, -0.1) is 0 Å². The molecule has 0 fully saturated rings. The van der Waals surface area contributed by atoms with Gasteiger partial charge in [-0.3, -0.25) is 0 Å². The number of carboxylic acids is 1. The van der Waals surface area contributed by atoms with Crippen LogP contribution in [0, 0.1) is 5.82 Å². The van der Waals surface area contributed by atoms with Crippen LogP contribution in [0.5, 0.6) is 5.75 Å². The Bertz CT molecular complexity index is 341. The van der Waals surface area contributed by atoms with Crippen LogP contribution in [0.25, 0.3) is 0 Å². The molecule has 0 atom stereocenters. The number of carbonyl (C=O) groups is 1. The topological polar surface area (TPSA) is 72.5 Å². The first-order chi connectivity index (χ1) is 6.65. The largest absolute Gasteiger partial charge is 0.481 e. The molecule has 0 saturated carbocycles. The molecule has 0 radical (unpaired) electrons. The number of hydrogen-bond acceptors (Lipinski definition) is 3. The van der Waals surface area contributed by atoms with Crippen molar-refractivity contribution in [3.8, 4) is 5.75 Å². The lowest BCUT2D eigenvalue weighted by molar-refractivity contribution is -0.139. The Labute approximate surface area is 80.1 Å². The number of carboxylic acid groups (broad SMARTS) is 1. The fourth-order valence-corrected chi connectivity index (χ4v) is 1.01. The van der Waals surface area contributed by atoms with Crippen LogP contribution in [0.4, 0.5) is 4.39 Å². The molecule has 0 saturated heterocycles. The standard InChI is InChI=1S/C9H10FNO3/c10-7-2-1-3-8(6(7)4-11)14-5-9(12)13/h1-3H,4-5,11H2,(H,12,13). The first-order valence-electron chi connectivity index (χ1n) is 3.97. The summed E-state index contributed by atoms with van der Waals surface area (Å²) in [6, 6.07) is 4.16. The number of nitrogens with two attached hydrogens (primary N) is 1. The van der Waals surface area contributed by atoms with Gasteiger partial charge in [-0.1, -0.05) is 6.07 Å². The van der Waals surface area contributed by atoms with Crippen molar-refractivity contribution < 1.29 is 19.0 Å². The maximum Gasteiger partial charge on any atom is 0.341 e. The third-order valence-electron chi connectivity index (χ3n) is 1.63. The second-order valence-electron chi connectivity index (χ2n) is 2.60. The normalized spacial score (nSPS) is 9.86. The van der Waals surface area contributed by atoms with E-state index in [9.17, 15) is 9.18 Å². The van der Waals surface area contributed by atoms with Gasteiger partial charge >= 0.3 is 5.97 Å². The lowest BCUT2D eigenvalue weighted by Crippen LogP contribution is -2.12. The Balaban J connectivity index is 2.85. The molecule has 0 unspecified atom stereocenters. The lowest BCUT2D eigenvalue weighted by atomic mass is 10.2. The fourth-order valence-electron chi connectivity index (χ4n) is 1.01. The van der Waals surface area contributed by atoms with Crippen molar-refractivity contribution in [1.82, 2.24) is 0 Å². The highest BCUT2D eigenvalue weighted by molar-refractivity contribution is 5.68. The average molecular weight is 199 g/mol. The smallest absolute Gasteiger partial charge is 0.341 e. The molecule has 0 aliphatic carbocycles. The van der Waals surface area contributed by atoms with Crippen molar-refractivity contribution in [3.05, 3.63) is 29.6 Å². The maximum atomic E-state index is 13.1. The van der Waals surface area contributed by atoms with Crippen LogP contribution in [0.15, 0.2) is 18.2 Å². The summed E-state index contributed by atoms with van der Waals surface area (Å²) in [6.07, 6.45) is 0. The van der Waals surface area contributed by atoms with Gasteiger partial charge in [0.15, 0.2) is 6.61 Å². The molecule has 14 heavy (non-hydrogen) atoms. The van der Waals surface area contributed by atoms with Crippen LogP contribution in [0.2, 0.25) is 0 Å². The van der Waals surface area contributed by atoms with Crippen molar-refractivity contribution in [1.29, 1.82) is 0 Å². The fraction of sp³-hybridized carbons (Fsp3) is 0.222. The summed E-state index contributed by atoms with van der Waals surface area (Å²) in [5.41, 5.74) is 5.48. The zero-order valence-corrected chi connectivity index (χ0v) is 7.37. The molecule has 0 spiro atoms. The van der Waals surface area contributed by atoms with Gasteiger partial charge in [0.25, 0.3) is 0 Å². The molecule has 0 aliphatic heterocycles. The van der Waals surface area contributed by atoms with Crippen molar-refractivity contribution in [2.24, 2.45) is 5.73 Å². The lowest BCUT2D eigenvalue weighted by Gasteiger charge is -2.08. The Morgan fingerprint density at radius 1 is 1.57 bits per heavy atom. The number of ether oxygens (including phenoxy) is 1.